The van der Waals surface area contributed by atoms with Gasteiger partial charge in [0, 0.05) is 0 Å². The van der Waals surface area contributed by atoms with Crippen LogP contribution in [-0.2, 0) is 9.68 Å². The molecule has 0 unspecified atom stereocenters. The van der Waals surface area contributed by atoms with Crippen LogP contribution in [0.5, 0.6) is 0 Å². The second kappa shape index (κ2) is 7.22. The Labute approximate surface area is 101 Å². The number of nitrogens with zero attached hydrogens (tertiary/aromatic N) is 2. The molecule has 0 aliphatic rings. The summed E-state index contributed by atoms with van der Waals surface area (Å²) in [6.45, 7) is 5.77. The van der Waals surface area contributed by atoms with Crippen molar-refractivity contribution in [1.82, 2.24) is 0 Å². The summed E-state index contributed by atoms with van der Waals surface area (Å²) in [6, 6.07) is 7.69. The first kappa shape index (κ1) is 13.0. The largest absolute Gasteiger partial charge is 0.392 e. The predicted octanol–water partition coefficient (Wildman–Crippen LogP) is 2.76. The molecule has 0 aliphatic heterocycles. The van der Waals surface area contributed by atoms with E-state index in [0.717, 1.165) is 16.8 Å². The smallest absolute Gasteiger partial charge is 0.153 e. The van der Waals surface area contributed by atoms with Gasteiger partial charge in [-0.15, -0.1) is 0 Å². The molecule has 0 aromatic heterocycles. The third kappa shape index (κ3) is 4.51. The Balaban J connectivity index is 2.75. The van der Waals surface area contributed by atoms with Gasteiger partial charge in [-0.3, -0.25) is 0 Å². The van der Waals surface area contributed by atoms with E-state index in [1.165, 1.54) is 0 Å². The molecule has 0 bridgehead atoms. The molecular weight excluding hydrogens is 216 g/mol. The van der Waals surface area contributed by atoms with Gasteiger partial charge < -0.3 is 9.68 Å². The van der Waals surface area contributed by atoms with Crippen molar-refractivity contribution in [3.05, 3.63) is 55.2 Å². The molecule has 0 heterocycles. The van der Waals surface area contributed by atoms with Crippen molar-refractivity contribution in [2.24, 2.45) is 10.3 Å². The Kier molecular flexibility index (Phi) is 5.51. The lowest BCUT2D eigenvalue weighted by atomic mass is 10.1. The fraction of sp³-hybridized carbons (Fsp3) is 0.154. The number of hydrogen-bond donors (Lipinski definition) is 0. The van der Waals surface area contributed by atoms with Crippen LogP contribution in [0.3, 0.4) is 0 Å². The third-order valence-corrected chi connectivity index (χ3v) is 1.97. The van der Waals surface area contributed by atoms with Gasteiger partial charge >= 0.3 is 0 Å². The van der Waals surface area contributed by atoms with Gasteiger partial charge in [0.25, 0.3) is 0 Å². The fourth-order valence-corrected chi connectivity index (χ4v) is 1.19. The molecule has 0 atom stereocenters. The normalized spacial score (nSPS) is 11.5. The predicted molar refractivity (Wildman–Crippen MR) is 68.8 cm³/mol. The molecule has 89 valence electrons. The van der Waals surface area contributed by atoms with Crippen molar-refractivity contribution in [2.45, 2.75) is 6.92 Å². The van der Waals surface area contributed by atoms with Crippen molar-refractivity contribution in [3.63, 3.8) is 0 Å². The lowest BCUT2D eigenvalue weighted by Gasteiger charge is -2.00. The van der Waals surface area contributed by atoms with E-state index in [2.05, 4.69) is 28.8 Å². The maximum absolute atomic E-state index is 4.92. The van der Waals surface area contributed by atoms with E-state index in [1.54, 1.807) is 12.3 Å². The van der Waals surface area contributed by atoms with Gasteiger partial charge in [0.15, 0.2) is 7.11 Å². The highest BCUT2D eigenvalue weighted by atomic mass is 16.6. The SMILES string of the molecule is [CH2]O/N=C(\C)c1cccc(/C=N/OCC=C)c1. The molecule has 0 fully saturated rings. The molecule has 0 saturated heterocycles. The zero-order chi connectivity index (χ0) is 12.5. The van der Waals surface area contributed by atoms with Crippen molar-refractivity contribution in [1.29, 1.82) is 0 Å². The molecule has 1 rings (SSSR count). The minimum absolute atomic E-state index is 0.395. The van der Waals surface area contributed by atoms with Crippen LogP contribution in [-0.4, -0.2) is 18.5 Å². The highest BCUT2D eigenvalue weighted by Crippen LogP contribution is 2.05. The molecule has 0 N–H and O–H groups in total. The van der Waals surface area contributed by atoms with Gasteiger partial charge in [0.2, 0.25) is 0 Å². The topological polar surface area (TPSA) is 43.2 Å². The second-order valence-corrected chi connectivity index (χ2v) is 3.25. The number of benzene rings is 1. The molecule has 4 heteroatoms. The molecule has 1 aromatic rings. The van der Waals surface area contributed by atoms with Crippen LogP contribution < -0.4 is 0 Å². The van der Waals surface area contributed by atoms with Crippen LogP contribution in [0, 0.1) is 7.11 Å². The summed E-state index contributed by atoms with van der Waals surface area (Å²) in [7, 11) is 3.20. The summed E-state index contributed by atoms with van der Waals surface area (Å²) < 4.78 is 0. The van der Waals surface area contributed by atoms with E-state index in [1.807, 2.05) is 31.2 Å². The quantitative estimate of drug-likeness (QED) is 0.327. The number of hydrogen-bond acceptors (Lipinski definition) is 4. The average Bonchev–Trinajstić information content (AvgIpc) is 2.35. The summed E-state index contributed by atoms with van der Waals surface area (Å²) in [5, 5.41) is 7.56. The summed E-state index contributed by atoms with van der Waals surface area (Å²) in [6.07, 6.45) is 3.27. The molecule has 1 aromatic carbocycles. The highest BCUT2D eigenvalue weighted by Gasteiger charge is 1.98. The van der Waals surface area contributed by atoms with Gasteiger partial charge in [-0.05, 0) is 24.1 Å². The first-order valence-electron chi connectivity index (χ1n) is 5.10. The van der Waals surface area contributed by atoms with E-state index >= 15 is 0 Å². The number of rotatable bonds is 6. The lowest BCUT2D eigenvalue weighted by molar-refractivity contribution is 0.176. The van der Waals surface area contributed by atoms with Gasteiger partial charge in [-0.25, -0.2) is 0 Å². The van der Waals surface area contributed by atoms with Crippen LogP contribution >= 0.6 is 0 Å². The van der Waals surface area contributed by atoms with Crippen molar-refractivity contribution < 1.29 is 9.68 Å². The van der Waals surface area contributed by atoms with Crippen LogP contribution in [0.2, 0.25) is 0 Å². The molecule has 0 saturated carbocycles. The van der Waals surface area contributed by atoms with Crippen molar-refractivity contribution >= 4 is 11.9 Å². The lowest BCUT2D eigenvalue weighted by Crippen LogP contribution is -1.96. The molecule has 17 heavy (non-hydrogen) atoms. The standard InChI is InChI=1S/C13H15N2O2/c1-4-8-17-14-10-12-6-5-7-13(9-12)11(2)15-16-3/h4-7,9-10H,1,3,8H2,2H3/b14-10+,15-11+. The zero-order valence-electron chi connectivity index (χ0n) is 9.80. The Bertz CT molecular complexity index is 425. The van der Waals surface area contributed by atoms with E-state index in [4.69, 9.17) is 4.84 Å². The van der Waals surface area contributed by atoms with Crippen LogP contribution in [0.15, 0.2) is 47.2 Å². The minimum Gasteiger partial charge on any atom is -0.392 e. The van der Waals surface area contributed by atoms with Gasteiger partial charge in [0.05, 0.1) is 11.9 Å². The maximum atomic E-state index is 4.92. The monoisotopic (exact) mass is 231 g/mol. The molecule has 4 nitrogen and oxygen atoms in total. The van der Waals surface area contributed by atoms with E-state index in [9.17, 15) is 0 Å². The second-order valence-electron chi connectivity index (χ2n) is 3.25. The van der Waals surface area contributed by atoms with Gasteiger partial charge in [-0.2, -0.15) is 0 Å². The molecular formula is C13H15N2O2. The van der Waals surface area contributed by atoms with Crippen molar-refractivity contribution in [3.8, 4) is 0 Å². The third-order valence-electron chi connectivity index (χ3n) is 1.97. The molecule has 0 amide bonds. The Hall–Kier alpha value is -2.10. The Morgan fingerprint density at radius 1 is 1.47 bits per heavy atom. The summed E-state index contributed by atoms with van der Waals surface area (Å²) in [5.41, 5.74) is 2.62. The first-order valence-corrected chi connectivity index (χ1v) is 5.10. The van der Waals surface area contributed by atoms with Crippen LogP contribution in [0.4, 0.5) is 0 Å². The fourth-order valence-electron chi connectivity index (χ4n) is 1.19. The van der Waals surface area contributed by atoms with Gasteiger partial charge in [-0.1, -0.05) is 41.2 Å². The number of oxime groups is 2. The molecule has 0 spiro atoms. The van der Waals surface area contributed by atoms with E-state index in [-0.39, 0.29) is 0 Å². The highest BCUT2D eigenvalue weighted by molar-refractivity contribution is 5.99. The average molecular weight is 231 g/mol. The Morgan fingerprint density at radius 2 is 2.29 bits per heavy atom. The first-order chi connectivity index (χ1) is 8.27. The van der Waals surface area contributed by atoms with Crippen LogP contribution in [0.1, 0.15) is 18.1 Å². The maximum Gasteiger partial charge on any atom is 0.153 e. The van der Waals surface area contributed by atoms with E-state index < -0.39 is 0 Å². The zero-order valence-corrected chi connectivity index (χ0v) is 9.80. The van der Waals surface area contributed by atoms with Crippen LogP contribution in [0.25, 0.3) is 0 Å². The summed E-state index contributed by atoms with van der Waals surface area (Å²) in [5.74, 6) is 0. The van der Waals surface area contributed by atoms with Crippen molar-refractivity contribution in [2.75, 3.05) is 6.61 Å². The van der Waals surface area contributed by atoms with E-state index in [0.29, 0.717) is 6.61 Å². The molecule has 1 radical (unpaired) electrons. The molecule has 0 aliphatic carbocycles. The van der Waals surface area contributed by atoms with Gasteiger partial charge in [0.1, 0.15) is 6.61 Å². The summed E-state index contributed by atoms with van der Waals surface area (Å²) >= 11 is 0. The minimum atomic E-state index is 0.395. The summed E-state index contributed by atoms with van der Waals surface area (Å²) in [4.78, 5) is 9.40. The Morgan fingerprint density at radius 3 is 3.00 bits per heavy atom.